The number of piperidine rings is 1. The van der Waals surface area contributed by atoms with Gasteiger partial charge in [0.1, 0.15) is 0 Å². The van der Waals surface area contributed by atoms with Crippen molar-refractivity contribution >= 4 is 23.2 Å². The summed E-state index contributed by atoms with van der Waals surface area (Å²) < 4.78 is 5.44. The molecule has 1 saturated heterocycles. The molecule has 1 atom stereocenters. The first-order chi connectivity index (χ1) is 14.5. The van der Waals surface area contributed by atoms with Crippen LogP contribution in [0.5, 0.6) is 0 Å². The zero-order valence-electron chi connectivity index (χ0n) is 17.2. The molecule has 0 radical (unpaired) electrons. The lowest BCUT2D eigenvalue weighted by atomic mass is 9.96. The van der Waals surface area contributed by atoms with Gasteiger partial charge in [-0.25, -0.2) is 0 Å². The van der Waals surface area contributed by atoms with E-state index in [1.165, 1.54) is 0 Å². The number of nitrogens with one attached hydrogen (secondary N) is 1. The maximum absolute atomic E-state index is 12.9. The molecule has 3 aromatic rings. The van der Waals surface area contributed by atoms with E-state index in [-0.39, 0.29) is 11.8 Å². The van der Waals surface area contributed by atoms with Crippen molar-refractivity contribution < 1.29 is 9.32 Å². The zero-order chi connectivity index (χ0) is 21.1. The van der Waals surface area contributed by atoms with Crippen LogP contribution in [-0.4, -0.2) is 34.0 Å². The molecule has 1 unspecified atom stereocenters. The highest BCUT2D eigenvalue weighted by Gasteiger charge is 2.27. The number of halogens is 1. The number of carbonyl (C=O) groups is 1. The van der Waals surface area contributed by atoms with Crippen LogP contribution in [0, 0.1) is 19.8 Å². The van der Waals surface area contributed by atoms with Crippen LogP contribution in [0.1, 0.15) is 29.9 Å². The SMILES string of the molecule is Cc1ccc(C)c(NC(=O)C2CCCN(Cc3nc(-c4ccccc4Cl)no3)C2)c1. The number of likely N-dealkylation sites (tertiary alicyclic amines) is 1. The van der Waals surface area contributed by atoms with Gasteiger partial charge in [0.15, 0.2) is 0 Å². The molecule has 0 bridgehead atoms. The van der Waals surface area contributed by atoms with Gasteiger partial charge in [0.05, 0.1) is 17.5 Å². The molecule has 0 aliphatic carbocycles. The average Bonchev–Trinajstić information content (AvgIpc) is 3.19. The predicted octanol–water partition coefficient (Wildman–Crippen LogP) is 4.86. The molecule has 1 aromatic heterocycles. The molecule has 30 heavy (non-hydrogen) atoms. The highest BCUT2D eigenvalue weighted by atomic mass is 35.5. The van der Waals surface area contributed by atoms with Crippen LogP contribution in [0.25, 0.3) is 11.4 Å². The summed E-state index contributed by atoms with van der Waals surface area (Å²) in [5, 5.41) is 7.76. The van der Waals surface area contributed by atoms with Crippen LogP contribution in [0.15, 0.2) is 47.0 Å². The Kier molecular flexibility index (Phi) is 6.16. The number of carbonyl (C=O) groups excluding carboxylic acids is 1. The largest absolute Gasteiger partial charge is 0.338 e. The van der Waals surface area contributed by atoms with Crippen LogP contribution < -0.4 is 5.32 Å². The van der Waals surface area contributed by atoms with Crippen molar-refractivity contribution in [3.8, 4) is 11.4 Å². The van der Waals surface area contributed by atoms with Gasteiger partial charge in [-0.15, -0.1) is 0 Å². The van der Waals surface area contributed by atoms with Gasteiger partial charge in [-0.3, -0.25) is 9.69 Å². The Morgan fingerprint density at radius 1 is 1.27 bits per heavy atom. The van der Waals surface area contributed by atoms with Crippen molar-refractivity contribution in [2.45, 2.75) is 33.2 Å². The number of anilines is 1. The Morgan fingerprint density at radius 2 is 2.10 bits per heavy atom. The molecule has 1 fully saturated rings. The minimum Gasteiger partial charge on any atom is -0.338 e. The summed E-state index contributed by atoms with van der Waals surface area (Å²) in [6.07, 6.45) is 1.83. The van der Waals surface area contributed by atoms with E-state index in [2.05, 4.69) is 26.4 Å². The molecule has 156 valence electrons. The Labute approximate surface area is 181 Å². The van der Waals surface area contributed by atoms with Crippen LogP contribution in [-0.2, 0) is 11.3 Å². The number of aromatic nitrogens is 2. The topological polar surface area (TPSA) is 71.3 Å². The minimum absolute atomic E-state index is 0.0652. The molecule has 7 heteroatoms. The third kappa shape index (κ3) is 4.71. The van der Waals surface area contributed by atoms with Gasteiger partial charge >= 0.3 is 0 Å². The summed E-state index contributed by atoms with van der Waals surface area (Å²) in [4.78, 5) is 19.5. The lowest BCUT2D eigenvalue weighted by Gasteiger charge is -2.31. The molecule has 1 aliphatic rings. The zero-order valence-corrected chi connectivity index (χ0v) is 17.9. The molecule has 1 N–H and O–H groups in total. The quantitative estimate of drug-likeness (QED) is 0.633. The molecule has 4 rings (SSSR count). The highest BCUT2D eigenvalue weighted by Crippen LogP contribution is 2.26. The van der Waals surface area contributed by atoms with Crippen LogP contribution in [0.2, 0.25) is 5.02 Å². The van der Waals surface area contributed by atoms with Gasteiger partial charge in [0.2, 0.25) is 17.6 Å². The lowest BCUT2D eigenvalue weighted by Crippen LogP contribution is -2.40. The number of hydrogen-bond acceptors (Lipinski definition) is 5. The molecule has 1 amide bonds. The van der Waals surface area contributed by atoms with E-state index in [4.69, 9.17) is 16.1 Å². The van der Waals surface area contributed by atoms with Gasteiger partial charge in [0, 0.05) is 17.8 Å². The van der Waals surface area contributed by atoms with E-state index in [1.807, 2.05) is 44.2 Å². The van der Waals surface area contributed by atoms with Crippen molar-refractivity contribution in [1.29, 1.82) is 0 Å². The minimum atomic E-state index is -0.0652. The van der Waals surface area contributed by atoms with Crippen LogP contribution in [0.4, 0.5) is 5.69 Å². The van der Waals surface area contributed by atoms with Crippen molar-refractivity contribution in [2.24, 2.45) is 5.92 Å². The van der Waals surface area contributed by atoms with E-state index in [0.717, 1.165) is 41.8 Å². The van der Waals surface area contributed by atoms with E-state index < -0.39 is 0 Å². The van der Waals surface area contributed by atoms with Gasteiger partial charge < -0.3 is 9.84 Å². The third-order valence-electron chi connectivity index (χ3n) is 5.47. The molecular weight excluding hydrogens is 400 g/mol. The van der Waals surface area contributed by atoms with E-state index in [1.54, 1.807) is 6.07 Å². The monoisotopic (exact) mass is 424 g/mol. The summed E-state index contributed by atoms with van der Waals surface area (Å²) in [6.45, 7) is 6.12. The van der Waals surface area contributed by atoms with Crippen molar-refractivity contribution in [3.05, 3.63) is 64.5 Å². The van der Waals surface area contributed by atoms with Crippen LogP contribution in [0.3, 0.4) is 0 Å². The standard InChI is InChI=1S/C23H25ClN4O2/c1-15-9-10-16(2)20(12-15)25-23(29)17-6-5-11-28(13-17)14-21-26-22(27-30-21)18-7-3-4-8-19(18)24/h3-4,7-10,12,17H,5-6,11,13-14H2,1-2H3,(H,25,29). The molecule has 1 aliphatic heterocycles. The summed E-state index contributed by atoms with van der Waals surface area (Å²) in [6, 6.07) is 13.5. The third-order valence-corrected chi connectivity index (χ3v) is 5.80. The first-order valence-corrected chi connectivity index (χ1v) is 10.6. The Morgan fingerprint density at radius 3 is 2.93 bits per heavy atom. The number of rotatable bonds is 5. The second kappa shape index (κ2) is 8.98. The lowest BCUT2D eigenvalue weighted by molar-refractivity contribution is -0.121. The smallest absolute Gasteiger partial charge is 0.241 e. The number of nitrogens with zero attached hydrogens (tertiary/aromatic N) is 3. The fourth-order valence-electron chi connectivity index (χ4n) is 3.78. The molecule has 6 nitrogen and oxygen atoms in total. The van der Waals surface area contributed by atoms with Crippen molar-refractivity contribution in [3.63, 3.8) is 0 Å². The summed E-state index contributed by atoms with van der Waals surface area (Å²) >= 11 is 6.22. The molecule has 0 saturated carbocycles. The summed E-state index contributed by atoms with van der Waals surface area (Å²) in [7, 11) is 0. The summed E-state index contributed by atoms with van der Waals surface area (Å²) in [5.74, 6) is 1.01. The first-order valence-electron chi connectivity index (χ1n) is 10.2. The van der Waals surface area contributed by atoms with E-state index in [0.29, 0.717) is 29.8 Å². The molecular formula is C23H25ClN4O2. The molecule has 0 spiro atoms. The van der Waals surface area contributed by atoms with Gasteiger partial charge in [-0.05, 0) is 62.6 Å². The number of amides is 1. The van der Waals surface area contributed by atoms with Crippen molar-refractivity contribution in [2.75, 3.05) is 18.4 Å². The average molecular weight is 425 g/mol. The van der Waals surface area contributed by atoms with Gasteiger partial charge in [-0.2, -0.15) is 4.98 Å². The second-order valence-electron chi connectivity index (χ2n) is 7.87. The number of hydrogen-bond donors (Lipinski definition) is 1. The normalized spacial score (nSPS) is 17.1. The van der Waals surface area contributed by atoms with E-state index >= 15 is 0 Å². The maximum atomic E-state index is 12.9. The number of benzene rings is 2. The Bertz CT molecular complexity index is 1050. The fourth-order valence-corrected chi connectivity index (χ4v) is 4.00. The van der Waals surface area contributed by atoms with Gasteiger partial charge in [-0.1, -0.05) is 41.0 Å². The Balaban J connectivity index is 1.39. The molecule has 2 aromatic carbocycles. The fraction of sp³-hybridized carbons (Fsp3) is 0.348. The summed E-state index contributed by atoms with van der Waals surface area (Å²) in [5.41, 5.74) is 3.84. The van der Waals surface area contributed by atoms with Gasteiger partial charge in [0.25, 0.3) is 0 Å². The maximum Gasteiger partial charge on any atom is 0.241 e. The predicted molar refractivity (Wildman–Crippen MR) is 117 cm³/mol. The van der Waals surface area contributed by atoms with Crippen molar-refractivity contribution in [1.82, 2.24) is 15.0 Å². The second-order valence-corrected chi connectivity index (χ2v) is 8.28. The highest BCUT2D eigenvalue weighted by molar-refractivity contribution is 6.33. The number of aryl methyl sites for hydroxylation is 2. The van der Waals surface area contributed by atoms with Crippen LogP contribution >= 0.6 is 11.6 Å². The molecule has 2 heterocycles. The van der Waals surface area contributed by atoms with E-state index in [9.17, 15) is 4.79 Å². The first kappa shape index (κ1) is 20.6. The Hall–Kier alpha value is -2.70.